The van der Waals surface area contributed by atoms with Crippen molar-refractivity contribution < 1.29 is 19.8 Å². The molecule has 17 heavy (non-hydrogen) atoms. The quantitative estimate of drug-likeness (QED) is 0.750. The van der Waals surface area contributed by atoms with Crippen molar-refractivity contribution in [3.8, 4) is 0 Å². The van der Waals surface area contributed by atoms with Crippen molar-refractivity contribution in [2.75, 3.05) is 0 Å². The molecule has 5 heteroatoms. The van der Waals surface area contributed by atoms with Gasteiger partial charge in [-0.1, -0.05) is 32.1 Å². The largest absolute Gasteiger partial charge is 0.480 e. The summed E-state index contributed by atoms with van der Waals surface area (Å²) in [5.74, 6) is -2.09. The third-order valence-electron chi connectivity index (χ3n) is 4.45. The van der Waals surface area contributed by atoms with Gasteiger partial charge in [-0.2, -0.15) is 0 Å². The summed E-state index contributed by atoms with van der Waals surface area (Å²) in [6.45, 7) is 0. The lowest BCUT2D eigenvalue weighted by atomic mass is 9.57. The van der Waals surface area contributed by atoms with Gasteiger partial charge in [0.1, 0.15) is 0 Å². The summed E-state index contributed by atoms with van der Waals surface area (Å²) in [7, 11) is 0. The summed E-state index contributed by atoms with van der Waals surface area (Å²) in [4.78, 5) is 22.8. The fraction of sp³-hybridized carbons (Fsp3) is 0.833. The summed E-state index contributed by atoms with van der Waals surface area (Å²) < 4.78 is 0. The topological polar surface area (TPSA) is 74.6 Å². The van der Waals surface area contributed by atoms with Gasteiger partial charge in [-0.25, -0.2) is 0 Å². The molecule has 0 aromatic carbocycles. The molecular weight excluding hydrogens is 244 g/mol. The van der Waals surface area contributed by atoms with Crippen LogP contribution >= 0.6 is 12.4 Å². The Morgan fingerprint density at radius 1 is 0.941 bits per heavy atom. The number of rotatable bonds is 2. The highest BCUT2D eigenvalue weighted by molar-refractivity contribution is 5.98. The second-order valence-electron chi connectivity index (χ2n) is 5.12. The molecule has 0 saturated heterocycles. The van der Waals surface area contributed by atoms with E-state index in [1.165, 1.54) is 0 Å². The number of aliphatic carboxylic acids is 2. The van der Waals surface area contributed by atoms with Gasteiger partial charge < -0.3 is 10.2 Å². The van der Waals surface area contributed by atoms with Crippen molar-refractivity contribution in [1.82, 2.24) is 0 Å². The lowest BCUT2D eigenvalue weighted by Crippen LogP contribution is -2.51. The standard InChI is InChI=1S/C12H18O4.ClH/c13-10(14)12(11(15)16)7-3-5-8-4-1-2-6-9(8)12;/h8-9H,1-7H2,(H,13,14)(H,15,16);1H. The normalized spacial score (nSPS) is 30.8. The van der Waals surface area contributed by atoms with Crippen LogP contribution in [0.3, 0.4) is 0 Å². The molecule has 2 aliphatic carbocycles. The summed E-state index contributed by atoms with van der Waals surface area (Å²) in [6.07, 6.45) is 5.92. The first-order chi connectivity index (χ1) is 7.59. The van der Waals surface area contributed by atoms with Gasteiger partial charge in [-0.15, -0.1) is 12.4 Å². The van der Waals surface area contributed by atoms with Gasteiger partial charge in [0, 0.05) is 0 Å². The van der Waals surface area contributed by atoms with Crippen molar-refractivity contribution >= 4 is 24.3 Å². The number of fused-ring (bicyclic) bond motifs is 1. The zero-order valence-electron chi connectivity index (χ0n) is 9.72. The molecule has 2 rings (SSSR count). The molecule has 2 fully saturated rings. The van der Waals surface area contributed by atoms with Crippen LogP contribution in [0.1, 0.15) is 44.9 Å². The van der Waals surface area contributed by atoms with E-state index in [1.54, 1.807) is 0 Å². The van der Waals surface area contributed by atoms with E-state index in [4.69, 9.17) is 0 Å². The number of carbonyl (C=O) groups is 2. The van der Waals surface area contributed by atoms with Gasteiger partial charge >= 0.3 is 11.9 Å². The van der Waals surface area contributed by atoms with E-state index in [1.807, 2.05) is 0 Å². The molecule has 2 unspecified atom stereocenters. The molecule has 0 spiro atoms. The van der Waals surface area contributed by atoms with Crippen LogP contribution in [0.15, 0.2) is 0 Å². The Bertz CT molecular complexity index is 300. The number of hydrogen-bond donors (Lipinski definition) is 2. The smallest absolute Gasteiger partial charge is 0.321 e. The monoisotopic (exact) mass is 262 g/mol. The molecule has 0 aromatic heterocycles. The van der Waals surface area contributed by atoms with E-state index >= 15 is 0 Å². The molecule has 0 aromatic rings. The van der Waals surface area contributed by atoms with E-state index < -0.39 is 17.4 Å². The first-order valence-corrected chi connectivity index (χ1v) is 6.06. The van der Waals surface area contributed by atoms with Crippen LogP contribution < -0.4 is 0 Å². The minimum atomic E-state index is -1.50. The lowest BCUT2D eigenvalue weighted by Gasteiger charge is -2.45. The fourth-order valence-electron chi connectivity index (χ4n) is 3.65. The maximum absolute atomic E-state index is 11.4. The molecule has 2 aliphatic rings. The molecule has 0 aliphatic heterocycles. The molecule has 2 saturated carbocycles. The molecule has 2 atom stereocenters. The molecule has 0 radical (unpaired) electrons. The molecule has 4 nitrogen and oxygen atoms in total. The summed E-state index contributed by atoms with van der Waals surface area (Å²) in [5.41, 5.74) is -1.50. The van der Waals surface area contributed by atoms with E-state index in [-0.39, 0.29) is 18.3 Å². The van der Waals surface area contributed by atoms with Gasteiger partial charge in [0.05, 0.1) is 0 Å². The number of halogens is 1. The average Bonchev–Trinajstić information content (AvgIpc) is 2.27. The minimum absolute atomic E-state index is 0. The van der Waals surface area contributed by atoms with E-state index in [2.05, 4.69) is 0 Å². The summed E-state index contributed by atoms with van der Waals surface area (Å²) >= 11 is 0. The van der Waals surface area contributed by atoms with Crippen molar-refractivity contribution in [1.29, 1.82) is 0 Å². The van der Waals surface area contributed by atoms with Crippen LogP contribution in [0.25, 0.3) is 0 Å². The van der Waals surface area contributed by atoms with E-state index in [9.17, 15) is 19.8 Å². The molecule has 0 bridgehead atoms. The number of carboxylic acids is 2. The first-order valence-electron chi connectivity index (χ1n) is 6.06. The highest BCUT2D eigenvalue weighted by Crippen LogP contribution is 2.51. The third kappa shape index (κ3) is 2.15. The highest BCUT2D eigenvalue weighted by Gasteiger charge is 2.56. The molecule has 98 valence electrons. The zero-order chi connectivity index (χ0) is 11.8. The highest BCUT2D eigenvalue weighted by atomic mass is 35.5. The Morgan fingerprint density at radius 3 is 2.06 bits per heavy atom. The fourth-order valence-corrected chi connectivity index (χ4v) is 3.65. The van der Waals surface area contributed by atoms with E-state index in [0.29, 0.717) is 12.3 Å². The molecule has 0 heterocycles. The lowest BCUT2D eigenvalue weighted by molar-refractivity contribution is -0.176. The van der Waals surface area contributed by atoms with Crippen LogP contribution in [0, 0.1) is 17.3 Å². The Morgan fingerprint density at radius 2 is 1.47 bits per heavy atom. The SMILES string of the molecule is Cl.O=C(O)C1(C(=O)O)CCCC2CCCCC21. The van der Waals surface area contributed by atoms with Crippen LogP contribution in [0.2, 0.25) is 0 Å². The minimum Gasteiger partial charge on any atom is -0.480 e. The van der Waals surface area contributed by atoms with Crippen LogP contribution in [0.4, 0.5) is 0 Å². The zero-order valence-corrected chi connectivity index (χ0v) is 10.5. The maximum atomic E-state index is 11.4. The van der Waals surface area contributed by atoms with Crippen molar-refractivity contribution in [3.63, 3.8) is 0 Å². The summed E-state index contributed by atoms with van der Waals surface area (Å²) in [5, 5.41) is 18.6. The molecular formula is C12H19ClO4. The van der Waals surface area contributed by atoms with Crippen LogP contribution in [-0.4, -0.2) is 22.2 Å². The summed E-state index contributed by atoms with van der Waals surface area (Å²) in [6, 6.07) is 0. The predicted molar refractivity (Wildman–Crippen MR) is 64.3 cm³/mol. The van der Waals surface area contributed by atoms with Gasteiger partial charge in [0.2, 0.25) is 0 Å². The predicted octanol–water partition coefficient (Wildman–Crippen LogP) is 2.55. The van der Waals surface area contributed by atoms with Gasteiger partial charge in [-0.05, 0) is 24.7 Å². The van der Waals surface area contributed by atoms with E-state index in [0.717, 1.165) is 38.5 Å². The Labute approximate surface area is 107 Å². The Kier molecular flexibility index (Phi) is 4.42. The third-order valence-corrected chi connectivity index (χ3v) is 4.45. The second kappa shape index (κ2) is 5.25. The van der Waals surface area contributed by atoms with Crippen LogP contribution in [0.5, 0.6) is 0 Å². The second-order valence-corrected chi connectivity index (χ2v) is 5.12. The Hall–Kier alpha value is -0.770. The van der Waals surface area contributed by atoms with Crippen molar-refractivity contribution in [3.05, 3.63) is 0 Å². The van der Waals surface area contributed by atoms with Crippen molar-refractivity contribution in [2.24, 2.45) is 17.3 Å². The average molecular weight is 263 g/mol. The maximum Gasteiger partial charge on any atom is 0.321 e. The van der Waals surface area contributed by atoms with Gasteiger partial charge in [0.25, 0.3) is 0 Å². The number of hydrogen-bond acceptors (Lipinski definition) is 2. The molecule has 0 amide bonds. The first kappa shape index (κ1) is 14.3. The van der Waals surface area contributed by atoms with Gasteiger partial charge in [-0.3, -0.25) is 9.59 Å². The van der Waals surface area contributed by atoms with Gasteiger partial charge in [0.15, 0.2) is 5.41 Å². The van der Waals surface area contributed by atoms with Crippen LogP contribution in [-0.2, 0) is 9.59 Å². The molecule has 2 N–H and O–H groups in total. The Balaban J connectivity index is 0.00000144. The number of carboxylic acid groups (broad SMARTS) is 2. The van der Waals surface area contributed by atoms with Crippen molar-refractivity contribution in [2.45, 2.75) is 44.9 Å².